The van der Waals surface area contributed by atoms with E-state index in [1.165, 1.54) is 4.90 Å². The highest BCUT2D eigenvalue weighted by Crippen LogP contribution is 2.18. The number of carbonyl (C=O) groups is 3. The quantitative estimate of drug-likeness (QED) is 0.642. The Balaban J connectivity index is 1.88. The van der Waals surface area contributed by atoms with E-state index in [1.54, 1.807) is 32.9 Å². The van der Waals surface area contributed by atoms with E-state index in [0.29, 0.717) is 25.2 Å². The van der Waals surface area contributed by atoms with Crippen LogP contribution in [0.1, 0.15) is 39.2 Å². The van der Waals surface area contributed by atoms with E-state index >= 15 is 0 Å². The molecule has 1 aliphatic heterocycles. The molecule has 1 aromatic carbocycles. The summed E-state index contributed by atoms with van der Waals surface area (Å²) in [5.74, 6) is 5.71. The van der Waals surface area contributed by atoms with Gasteiger partial charge in [0.15, 0.2) is 0 Å². The van der Waals surface area contributed by atoms with E-state index in [0.717, 1.165) is 5.56 Å². The number of anilines is 1. The molecule has 7 nitrogen and oxygen atoms in total. The molecule has 0 bridgehead atoms. The van der Waals surface area contributed by atoms with E-state index in [4.69, 9.17) is 4.74 Å². The van der Waals surface area contributed by atoms with Gasteiger partial charge in [-0.15, -0.1) is 0 Å². The minimum Gasteiger partial charge on any atom is -0.444 e. The highest BCUT2D eigenvalue weighted by molar-refractivity contribution is 6.05. The van der Waals surface area contributed by atoms with E-state index in [-0.39, 0.29) is 12.3 Å². The molecule has 0 saturated carbocycles. The first-order valence-electron chi connectivity index (χ1n) is 8.42. The molecular weight excluding hydrogens is 334 g/mol. The lowest BCUT2D eigenvalue weighted by Gasteiger charge is -2.26. The minimum atomic E-state index is -0.526. The van der Waals surface area contributed by atoms with Crippen LogP contribution in [0.2, 0.25) is 0 Å². The third-order valence-electron chi connectivity index (χ3n) is 3.36. The maximum absolute atomic E-state index is 11.9. The summed E-state index contributed by atoms with van der Waals surface area (Å²) in [5.41, 5.74) is 0.916. The number of nitrogens with one attached hydrogen (secondary N) is 2. The van der Waals surface area contributed by atoms with Gasteiger partial charge in [-0.25, -0.2) is 9.59 Å². The molecule has 1 aromatic rings. The number of benzene rings is 1. The number of hydrogen-bond acceptors (Lipinski definition) is 4. The second-order valence-electron chi connectivity index (χ2n) is 6.79. The van der Waals surface area contributed by atoms with Gasteiger partial charge in [0, 0.05) is 37.2 Å². The molecule has 1 fully saturated rings. The van der Waals surface area contributed by atoms with Gasteiger partial charge in [0.05, 0.1) is 0 Å². The summed E-state index contributed by atoms with van der Waals surface area (Å²) in [6.07, 6.45) is 0.284. The average Bonchev–Trinajstić information content (AvgIpc) is 2.53. The van der Waals surface area contributed by atoms with Crippen molar-refractivity contribution in [2.45, 2.75) is 39.2 Å². The van der Waals surface area contributed by atoms with Crippen LogP contribution >= 0.6 is 0 Å². The lowest BCUT2D eigenvalue weighted by Crippen LogP contribution is -2.49. The fraction of sp³-hybridized carbons (Fsp3) is 0.421. The van der Waals surface area contributed by atoms with Gasteiger partial charge in [-0.2, -0.15) is 0 Å². The highest BCUT2D eigenvalue weighted by Gasteiger charge is 2.24. The maximum atomic E-state index is 11.9. The first kappa shape index (κ1) is 19.3. The molecule has 1 aliphatic rings. The molecule has 4 amide bonds. The van der Waals surface area contributed by atoms with Crippen molar-refractivity contribution in [1.29, 1.82) is 0 Å². The smallest absolute Gasteiger partial charge is 0.407 e. The van der Waals surface area contributed by atoms with Crippen LogP contribution in [-0.4, -0.2) is 36.7 Å². The fourth-order valence-electron chi connectivity index (χ4n) is 2.27. The molecular formula is C19H23N3O4. The molecule has 0 spiro atoms. The number of nitrogens with zero attached hydrogens (tertiary/aromatic N) is 1. The minimum absolute atomic E-state index is 0.264. The van der Waals surface area contributed by atoms with Gasteiger partial charge >= 0.3 is 12.1 Å². The van der Waals surface area contributed by atoms with Crippen LogP contribution in [0.25, 0.3) is 0 Å². The summed E-state index contributed by atoms with van der Waals surface area (Å²) < 4.78 is 5.14. The maximum Gasteiger partial charge on any atom is 0.407 e. The molecule has 1 saturated heterocycles. The zero-order valence-corrected chi connectivity index (χ0v) is 15.2. The Morgan fingerprint density at radius 2 is 2.12 bits per heavy atom. The first-order valence-corrected chi connectivity index (χ1v) is 8.42. The first-order chi connectivity index (χ1) is 12.2. The SMILES string of the molecule is CC(C)(C)OC(=O)NCCC#Cc1cccc(N2CCC(=O)NC2=O)c1. The van der Waals surface area contributed by atoms with E-state index in [9.17, 15) is 14.4 Å². The summed E-state index contributed by atoms with van der Waals surface area (Å²) in [7, 11) is 0. The number of rotatable bonds is 3. The number of carbonyl (C=O) groups excluding carboxylic acids is 3. The van der Waals surface area contributed by atoms with Gasteiger partial charge in [0.2, 0.25) is 5.91 Å². The number of imide groups is 1. The molecule has 0 aromatic heterocycles. The number of ether oxygens (including phenoxy) is 1. The molecule has 26 heavy (non-hydrogen) atoms. The molecule has 2 N–H and O–H groups in total. The zero-order valence-electron chi connectivity index (χ0n) is 15.2. The summed E-state index contributed by atoms with van der Waals surface area (Å²) in [5, 5.41) is 4.94. The Hall–Kier alpha value is -3.01. The monoisotopic (exact) mass is 357 g/mol. The molecule has 0 aliphatic carbocycles. The number of urea groups is 1. The highest BCUT2D eigenvalue weighted by atomic mass is 16.6. The Labute approximate surface area is 153 Å². The van der Waals surface area contributed by atoms with E-state index < -0.39 is 17.7 Å². The Kier molecular flexibility index (Phi) is 6.23. The van der Waals surface area contributed by atoms with Crippen molar-refractivity contribution in [2.24, 2.45) is 0 Å². The third-order valence-corrected chi connectivity index (χ3v) is 3.36. The van der Waals surface area contributed by atoms with Gasteiger partial charge in [0.25, 0.3) is 0 Å². The number of amides is 4. The van der Waals surface area contributed by atoms with E-state index in [1.807, 2.05) is 12.1 Å². The van der Waals surface area contributed by atoms with Crippen molar-refractivity contribution in [1.82, 2.24) is 10.6 Å². The van der Waals surface area contributed by atoms with Crippen LogP contribution in [0.4, 0.5) is 15.3 Å². The summed E-state index contributed by atoms with van der Waals surface area (Å²) in [4.78, 5) is 36.1. The normalized spacial score (nSPS) is 14.2. The van der Waals surface area contributed by atoms with Gasteiger partial charge < -0.3 is 10.1 Å². The number of alkyl carbamates (subject to hydrolysis) is 1. The molecule has 138 valence electrons. The van der Waals surface area contributed by atoms with Gasteiger partial charge in [0.1, 0.15) is 5.60 Å². The molecule has 0 atom stereocenters. The Bertz CT molecular complexity index is 756. The lowest BCUT2D eigenvalue weighted by atomic mass is 10.1. The van der Waals surface area contributed by atoms with Gasteiger partial charge in [-0.3, -0.25) is 15.0 Å². The predicted molar refractivity (Wildman–Crippen MR) is 97.7 cm³/mol. The standard InChI is InChI=1S/C19H23N3O4/c1-19(2,3)26-18(25)20-11-5-4-7-14-8-6-9-15(13-14)22-12-10-16(23)21-17(22)24/h6,8-9,13H,5,10-12H2,1-3H3,(H,20,25)(H,21,23,24). The lowest BCUT2D eigenvalue weighted by molar-refractivity contribution is -0.120. The molecule has 2 rings (SSSR count). The molecule has 0 radical (unpaired) electrons. The van der Waals surface area contributed by atoms with Gasteiger partial charge in [-0.1, -0.05) is 17.9 Å². The van der Waals surface area contributed by atoms with Crippen LogP contribution in [0.15, 0.2) is 24.3 Å². The van der Waals surface area contributed by atoms with Crippen molar-refractivity contribution in [3.05, 3.63) is 29.8 Å². The fourth-order valence-corrected chi connectivity index (χ4v) is 2.27. The predicted octanol–water partition coefficient (Wildman–Crippen LogP) is 2.40. The Morgan fingerprint density at radius 1 is 1.35 bits per heavy atom. The zero-order chi connectivity index (χ0) is 19.2. The van der Waals surface area contributed by atoms with Crippen LogP contribution in [0, 0.1) is 11.8 Å². The Morgan fingerprint density at radius 3 is 2.81 bits per heavy atom. The van der Waals surface area contributed by atoms with Crippen molar-refractivity contribution in [2.75, 3.05) is 18.0 Å². The van der Waals surface area contributed by atoms with Crippen LogP contribution < -0.4 is 15.5 Å². The largest absolute Gasteiger partial charge is 0.444 e. The van der Waals surface area contributed by atoms with Crippen molar-refractivity contribution in [3.8, 4) is 11.8 Å². The summed E-state index contributed by atoms with van der Waals surface area (Å²) in [6.45, 7) is 6.15. The second kappa shape index (κ2) is 8.39. The molecule has 0 unspecified atom stereocenters. The third kappa shape index (κ3) is 6.13. The van der Waals surface area contributed by atoms with Crippen molar-refractivity contribution in [3.63, 3.8) is 0 Å². The van der Waals surface area contributed by atoms with E-state index in [2.05, 4.69) is 22.5 Å². The van der Waals surface area contributed by atoms with Crippen molar-refractivity contribution < 1.29 is 19.1 Å². The van der Waals surface area contributed by atoms with Crippen LogP contribution in [0.3, 0.4) is 0 Å². The summed E-state index contributed by atoms with van der Waals surface area (Å²) in [6, 6.07) is 6.81. The second-order valence-corrected chi connectivity index (χ2v) is 6.79. The van der Waals surface area contributed by atoms with Crippen LogP contribution in [-0.2, 0) is 9.53 Å². The molecule has 1 heterocycles. The van der Waals surface area contributed by atoms with Crippen LogP contribution in [0.5, 0.6) is 0 Å². The average molecular weight is 357 g/mol. The summed E-state index contributed by atoms with van der Waals surface area (Å²) >= 11 is 0. The van der Waals surface area contributed by atoms with Crippen molar-refractivity contribution >= 4 is 23.7 Å². The topological polar surface area (TPSA) is 87.7 Å². The van der Waals surface area contributed by atoms with Gasteiger partial charge in [-0.05, 0) is 39.0 Å². The molecule has 7 heteroatoms. The number of hydrogen-bond donors (Lipinski definition) is 2.